The molecule has 7 rings (SSSR count). The van der Waals surface area contributed by atoms with Gasteiger partial charge >= 0.3 is 0 Å². The zero-order valence-corrected chi connectivity index (χ0v) is 20.0. The van der Waals surface area contributed by atoms with E-state index in [4.69, 9.17) is 31.2 Å². The predicted molar refractivity (Wildman–Crippen MR) is 139 cm³/mol. The van der Waals surface area contributed by atoms with Gasteiger partial charge in [-0.15, -0.1) is 5.10 Å². The van der Waals surface area contributed by atoms with Crippen molar-refractivity contribution in [3.05, 3.63) is 113 Å². The Morgan fingerprint density at radius 2 is 1.72 bits per heavy atom. The summed E-state index contributed by atoms with van der Waals surface area (Å²) in [4.78, 5) is 9.61. The molecule has 0 radical (unpaired) electrons. The van der Waals surface area contributed by atoms with Crippen molar-refractivity contribution >= 4 is 28.0 Å². The van der Waals surface area contributed by atoms with Gasteiger partial charge in [-0.05, 0) is 47.3 Å². The third kappa shape index (κ3) is 3.22. The summed E-state index contributed by atoms with van der Waals surface area (Å²) in [6, 6.07) is 28.1. The van der Waals surface area contributed by atoms with Crippen LogP contribution in [-0.2, 0) is 0 Å². The summed E-state index contributed by atoms with van der Waals surface area (Å²) >= 11 is 6.09. The fourth-order valence-electron chi connectivity index (χ4n) is 4.91. The molecule has 1 aliphatic heterocycles. The van der Waals surface area contributed by atoms with E-state index in [9.17, 15) is 0 Å². The summed E-state index contributed by atoms with van der Waals surface area (Å²) in [6.07, 6.45) is 1.65. The van der Waals surface area contributed by atoms with E-state index in [1.165, 1.54) is 0 Å². The zero-order valence-electron chi connectivity index (χ0n) is 19.2. The largest absolute Gasteiger partial charge is 0.497 e. The lowest BCUT2D eigenvalue weighted by atomic mass is 9.83. The minimum absolute atomic E-state index is 0.155. The van der Waals surface area contributed by atoms with Crippen LogP contribution in [0.4, 0.5) is 0 Å². The average molecular weight is 491 g/mol. The third-order valence-corrected chi connectivity index (χ3v) is 6.90. The van der Waals surface area contributed by atoms with Gasteiger partial charge in [0, 0.05) is 27.5 Å². The minimum Gasteiger partial charge on any atom is -0.497 e. The van der Waals surface area contributed by atoms with Crippen molar-refractivity contribution in [1.29, 1.82) is 0 Å². The first kappa shape index (κ1) is 20.9. The summed E-state index contributed by atoms with van der Waals surface area (Å²) in [5.74, 6) is 2.59. The van der Waals surface area contributed by atoms with E-state index in [-0.39, 0.29) is 5.92 Å². The van der Waals surface area contributed by atoms with Gasteiger partial charge in [-0.2, -0.15) is 0 Å². The SMILES string of the molecule is COc1ccc(C2c3ccc4ccccc4c3Oc3ncn4nc(-c5ccc(Cl)cc5)nc4c32)cc1. The Morgan fingerprint density at radius 3 is 2.53 bits per heavy atom. The highest BCUT2D eigenvalue weighted by Gasteiger charge is 2.34. The lowest BCUT2D eigenvalue weighted by molar-refractivity contribution is 0.414. The topological polar surface area (TPSA) is 61.5 Å². The molecule has 36 heavy (non-hydrogen) atoms. The Hall–Kier alpha value is -4.42. The van der Waals surface area contributed by atoms with E-state index in [0.717, 1.165) is 44.5 Å². The van der Waals surface area contributed by atoms with Gasteiger partial charge in [0.25, 0.3) is 0 Å². The molecule has 3 heterocycles. The van der Waals surface area contributed by atoms with E-state index in [0.29, 0.717) is 22.4 Å². The normalized spacial score (nSPS) is 14.3. The second-order valence-corrected chi connectivity index (χ2v) is 9.12. The molecule has 0 fully saturated rings. The van der Waals surface area contributed by atoms with Gasteiger partial charge in [0.2, 0.25) is 5.88 Å². The van der Waals surface area contributed by atoms with E-state index < -0.39 is 0 Å². The molecule has 7 heteroatoms. The van der Waals surface area contributed by atoms with Crippen LogP contribution in [0.5, 0.6) is 17.4 Å². The van der Waals surface area contributed by atoms with Gasteiger partial charge in [-0.1, -0.05) is 60.1 Å². The van der Waals surface area contributed by atoms with E-state index in [1.807, 2.05) is 48.5 Å². The summed E-state index contributed by atoms with van der Waals surface area (Å²) in [7, 11) is 1.67. The zero-order chi connectivity index (χ0) is 24.2. The van der Waals surface area contributed by atoms with Crippen molar-refractivity contribution in [2.45, 2.75) is 5.92 Å². The lowest BCUT2D eigenvalue weighted by Crippen LogP contribution is -2.15. The molecule has 0 aliphatic carbocycles. The smallest absolute Gasteiger partial charge is 0.228 e. The quantitative estimate of drug-likeness (QED) is 0.270. The maximum atomic E-state index is 6.49. The average Bonchev–Trinajstić information content (AvgIpc) is 3.37. The Bertz CT molecular complexity index is 1760. The number of fused-ring (bicyclic) bond motifs is 6. The molecule has 6 nitrogen and oxygen atoms in total. The summed E-state index contributed by atoms with van der Waals surface area (Å²) in [5.41, 5.74) is 4.59. The van der Waals surface area contributed by atoms with Crippen LogP contribution < -0.4 is 9.47 Å². The number of halogens is 1. The predicted octanol–water partition coefficient (Wildman–Crippen LogP) is 6.89. The highest BCUT2D eigenvalue weighted by atomic mass is 35.5. The first-order chi connectivity index (χ1) is 17.7. The number of aromatic nitrogens is 4. The molecule has 0 bridgehead atoms. The van der Waals surface area contributed by atoms with Crippen molar-refractivity contribution in [3.8, 4) is 28.8 Å². The van der Waals surface area contributed by atoms with Gasteiger partial charge in [-0.25, -0.2) is 14.5 Å². The van der Waals surface area contributed by atoms with Crippen LogP contribution >= 0.6 is 11.6 Å². The fourth-order valence-corrected chi connectivity index (χ4v) is 5.04. The van der Waals surface area contributed by atoms with Gasteiger partial charge < -0.3 is 9.47 Å². The fraction of sp³-hybridized carbons (Fsp3) is 0.0690. The van der Waals surface area contributed by atoms with Crippen LogP contribution in [0.3, 0.4) is 0 Å². The standard InChI is InChI=1S/C29H19ClN4O2/c1-35-21-13-8-18(9-14-21)24-23-15-10-17-4-2-3-5-22(17)26(23)36-29-25(24)28-32-27(33-34(28)16-31-29)19-6-11-20(30)12-7-19/h2-16,24H,1H3. The molecular formula is C29H19ClN4O2. The third-order valence-electron chi connectivity index (χ3n) is 6.65. The molecule has 2 aromatic heterocycles. The number of ether oxygens (including phenoxy) is 2. The van der Waals surface area contributed by atoms with E-state index in [2.05, 4.69) is 41.4 Å². The molecule has 0 N–H and O–H groups in total. The van der Waals surface area contributed by atoms with Crippen molar-refractivity contribution < 1.29 is 9.47 Å². The Kier molecular flexibility index (Phi) is 4.69. The number of rotatable bonds is 3. The van der Waals surface area contributed by atoms with Crippen LogP contribution in [0, 0.1) is 0 Å². The second kappa shape index (κ2) is 8.07. The Labute approximate surface area is 211 Å². The van der Waals surface area contributed by atoms with E-state index >= 15 is 0 Å². The molecule has 4 aromatic carbocycles. The molecule has 0 saturated heterocycles. The first-order valence-electron chi connectivity index (χ1n) is 11.5. The van der Waals surface area contributed by atoms with Gasteiger partial charge in [0.1, 0.15) is 17.8 Å². The van der Waals surface area contributed by atoms with Crippen molar-refractivity contribution in [2.75, 3.05) is 7.11 Å². The van der Waals surface area contributed by atoms with Crippen molar-refractivity contribution in [1.82, 2.24) is 19.6 Å². The number of hydrogen-bond acceptors (Lipinski definition) is 5. The Balaban J connectivity index is 1.49. The molecule has 1 atom stereocenters. The number of methoxy groups -OCH3 is 1. The molecule has 6 aromatic rings. The number of hydrogen-bond donors (Lipinski definition) is 0. The second-order valence-electron chi connectivity index (χ2n) is 8.69. The maximum Gasteiger partial charge on any atom is 0.228 e. The minimum atomic E-state index is -0.155. The van der Waals surface area contributed by atoms with Crippen LogP contribution in [0.15, 0.2) is 91.3 Å². The van der Waals surface area contributed by atoms with Crippen molar-refractivity contribution in [2.24, 2.45) is 0 Å². The Morgan fingerprint density at radius 1 is 0.917 bits per heavy atom. The van der Waals surface area contributed by atoms with Gasteiger partial charge in [-0.3, -0.25) is 0 Å². The number of benzene rings is 4. The van der Waals surface area contributed by atoms with Crippen LogP contribution in [0.2, 0.25) is 5.02 Å². The number of nitrogens with zero attached hydrogens (tertiary/aromatic N) is 4. The summed E-state index contributed by atoms with van der Waals surface area (Å²) in [6.45, 7) is 0. The highest BCUT2D eigenvalue weighted by molar-refractivity contribution is 6.30. The summed E-state index contributed by atoms with van der Waals surface area (Å²) in [5, 5.41) is 7.53. The van der Waals surface area contributed by atoms with Crippen molar-refractivity contribution in [3.63, 3.8) is 0 Å². The monoisotopic (exact) mass is 490 g/mol. The highest BCUT2D eigenvalue weighted by Crippen LogP contribution is 2.50. The van der Waals surface area contributed by atoms with Crippen LogP contribution in [-0.4, -0.2) is 26.7 Å². The van der Waals surface area contributed by atoms with Gasteiger partial charge in [0.15, 0.2) is 11.5 Å². The molecule has 174 valence electrons. The molecule has 0 spiro atoms. The first-order valence-corrected chi connectivity index (χ1v) is 11.9. The summed E-state index contributed by atoms with van der Waals surface area (Å²) < 4.78 is 13.6. The van der Waals surface area contributed by atoms with Crippen LogP contribution in [0.25, 0.3) is 27.8 Å². The van der Waals surface area contributed by atoms with Crippen LogP contribution in [0.1, 0.15) is 22.6 Å². The maximum absolute atomic E-state index is 6.49. The van der Waals surface area contributed by atoms with Gasteiger partial charge in [0.05, 0.1) is 12.7 Å². The molecule has 0 amide bonds. The van der Waals surface area contributed by atoms with E-state index in [1.54, 1.807) is 18.0 Å². The molecule has 1 aliphatic rings. The lowest BCUT2D eigenvalue weighted by Gasteiger charge is -2.28. The molecule has 1 unspecified atom stereocenters. The molecular weight excluding hydrogens is 472 g/mol. The molecule has 0 saturated carbocycles.